The molecule has 2 N–H and O–H groups in total. The highest BCUT2D eigenvalue weighted by Crippen LogP contribution is 1.87. The molecule has 1 amide bonds. The number of allylic oxidation sites excluding steroid dienone is 2. The van der Waals surface area contributed by atoms with E-state index in [0.29, 0.717) is 5.84 Å². The molecule has 0 saturated carbocycles. The van der Waals surface area contributed by atoms with Crippen molar-refractivity contribution in [2.75, 3.05) is 0 Å². The summed E-state index contributed by atoms with van der Waals surface area (Å²) < 4.78 is 0. The van der Waals surface area contributed by atoms with Crippen LogP contribution < -0.4 is 10.7 Å². The van der Waals surface area contributed by atoms with Crippen molar-refractivity contribution in [1.29, 1.82) is 0 Å². The van der Waals surface area contributed by atoms with Crippen LogP contribution in [0.1, 0.15) is 27.7 Å². The Bertz CT molecular complexity index is 286. The molecule has 14 heavy (non-hydrogen) atoms. The SMILES string of the molecule is C=C(C)N/N=C(\C)NC(=O)C=C(C)C. The van der Waals surface area contributed by atoms with Gasteiger partial charge in [0, 0.05) is 11.8 Å². The molecular weight excluding hydrogens is 178 g/mol. The van der Waals surface area contributed by atoms with Crippen LogP contribution in [-0.2, 0) is 4.79 Å². The predicted molar refractivity (Wildman–Crippen MR) is 58.6 cm³/mol. The number of nitrogens with zero attached hydrogens (tertiary/aromatic N) is 1. The van der Waals surface area contributed by atoms with Crippen LogP contribution in [0.5, 0.6) is 0 Å². The Labute approximate surface area is 84.8 Å². The van der Waals surface area contributed by atoms with Crippen molar-refractivity contribution in [3.05, 3.63) is 23.9 Å². The largest absolute Gasteiger partial charge is 0.309 e. The van der Waals surface area contributed by atoms with Gasteiger partial charge in [0.05, 0.1) is 0 Å². The third kappa shape index (κ3) is 7.09. The van der Waals surface area contributed by atoms with Gasteiger partial charge in [-0.05, 0) is 27.7 Å². The number of carbonyl (C=O) groups is 1. The van der Waals surface area contributed by atoms with Gasteiger partial charge in [0.15, 0.2) is 0 Å². The Morgan fingerprint density at radius 2 is 1.86 bits per heavy atom. The molecule has 4 nitrogen and oxygen atoms in total. The lowest BCUT2D eigenvalue weighted by molar-refractivity contribution is -0.115. The first-order valence-corrected chi connectivity index (χ1v) is 4.33. The van der Waals surface area contributed by atoms with E-state index in [9.17, 15) is 4.79 Å². The zero-order valence-corrected chi connectivity index (χ0v) is 9.14. The van der Waals surface area contributed by atoms with Crippen LogP contribution in [0.2, 0.25) is 0 Å². The Hall–Kier alpha value is -1.58. The number of hydrogen-bond acceptors (Lipinski definition) is 3. The third-order valence-corrected chi connectivity index (χ3v) is 1.14. The maximum absolute atomic E-state index is 11.2. The summed E-state index contributed by atoms with van der Waals surface area (Å²) in [7, 11) is 0. The van der Waals surface area contributed by atoms with E-state index in [2.05, 4.69) is 22.4 Å². The number of amides is 1. The van der Waals surface area contributed by atoms with Crippen molar-refractivity contribution >= 4 is 11.7 Å². The maximum atomic E-state index is 11.2. The monoisotopic (exact) mass is 195 g/mol. The van der Waals surface area contributed by atoms with Gasteiger partial charge >= 0.3 is 0 Å². The summed E-state index contributed by atoms with van der Waals surface area (Å²) in [4.78, 5) is 11.2. The van der Waals surface area contributed by atoms with E-state index in [-0.39, 0.29) is 5.91 Å². The van der Waals surface area contributed by atoms with E-state index < -0.39 is 0 Å². The lowest BCUT2D eigenvalue weighted by atomic mass is 10.3. The van der Waals surface area contributed by atoms with Crippen LogP contribution in [0.25, 0.3) is 0 Å². The zero-order chi connectivity index (χ0) is 11.1. The van der Waals surface area contributed by atoms with Gasteiger partial charge in [0.25, 0.3) is 0 Å². The molecule has 0 aromatic heterocycles. The molecule has 0 aliphatic heterocycles. The fourth-order valence-corrected chi connectivity index (χ4v) is 0.684. The molecule has 0 unspecified atom stereocenters. The van der Waals surface area contributed by atoms with Crippen molar-refractivity contribution in [3.8, 4) is 0 Å². The van der Waals surface area contributed by atoms with Gasteiger partial charge in [-0.25, -0.2) is 0 Å². The molecule has 0 aliphatic rings. The molecular formula is C10H17N3O. The van der Waals surface area contributed by atoms with E-state index in [0.717, 1.165) is 11.3 Å². The normalized spacial score (nSPS) is 10.4. The molecule has 0 aromatic carbocycles. The minimum Gasteiger partial charge on any atom is -0.309 e. The van der Waals surface area contributed by atoms with E-state index >= 15 is 0 Å². The first kappa shape index (κ1) is 12.4. The Kier molecular flexibility index (Phi) is 5.29. The van der Waals surface area contributed by atoms with Crippen LogP contribution in [0, 0.1) is 0 Å². The maximum Gasteiger partial charge on any atom is 0.249 e. The van der Waals surface area contributed by atoms with Crippen molar-refractivity contribution in [2.45, 2.75) is 27.7 Å². The molecule has 0 spiro atoms. The molecule has 0 radical (unpaired) electrons. The number of rotatable bonds is 3. The lowest BCUT2D eigenvalue weighted by Gasteiger charge is -2.02. The van der Waals surface area contributed by atoms with Crippen molar-refractivity contribution < 1.29 is 4.79 Å². The van der Waals surface area contributed by atoms with E-state index in [4.69, 9.17) is 0 Å². The fourth-order valence-electron chi connectivity index (χ4n) is 0.684. The average molecular weight is 195 g/mol. The number of amidine groups is 1. The van der Waals surface area contributed by atoms with Gasteiger partial charge in [-0.15, -0.1) is 0 Å². The zero-order valence-electron chi connectivity index (χ0n) is 9.14. The Morgan fingerprint density at radius 3 is 2.29 bits per heavy atom. The topological polar surface area (TPSA) is 53.5 Å². The van der Waals surface area contributed by atoms with E-state index in [1.54, 1.807) is 13.8 Å². The molecule has 0 aliphatic carbocycles. The minimum atomic E-state index is -0.172. The summed E-state index contributed by atoms with van der Waals surface area (Å²) in [5.41, 5.74) is 4.33. The molecule has 4 heteroatoms. The summed E-state index contributed by atoms with van der Waals surface area (Å²) >= 11 is 0. The number of hydrogen-bond donors (Lipinski definition) is 2. The van der Waals surface area contributed by atoms with Crippen LogP contribution in [0.15, 0.2) is 29.0 Å². The Morgan fingerprint density at radius 1 is 1.29 bits per heavy atom. The molecule has 0 heterocycles. The first-order chi connectivity index (χ1) is 6.41. The fraction of sp³-hybridized carbons (Fsp3) is 0.400. The van der Waals surface area contributed by atoms with Gasteiger partial charge in [-0.1, -0.05) is 12.2 Å². The second-order valence-electron chi connectivity index (χ2n) is 3.30. The number of nitrogens with one attached hydrogen (secondary N) is 2. The standard InChI is InChI=1S/C10H17N3O/c1-7(2)6-10(14)11-9(5)13-12-8(3)4/h6,12H,3H2,1-2,4-5H3,(H,11,13,14). The summed E-state index contributed by atoms with van der Waals surface area (Å²) in [6.45, 7) is 10.8. The van der Waals surface area contributed by atoms with E-state index in [1.165, 1.54) is 6.08 Å². The third-order valence-electron chi connectivity index (χ3n) is 1.14. The van der Waals surface area contributed by atoms with Gasteiger partial charge in [-0.3, -0.25) is 10.2 Å². The lowest BCUT2D eigenvalue weighted by Crippen LogP contribution is -2.28. The summed E-state index contributed by atoms with van der Waals surface area (Å²) in [6.07, 6.45) is 1.51. The quantitative estimate of drug-likeness (QED) is 0.310. The second kappa shape index (κ2) is 5.96. The molecule has 0 aromatic rings. The summed E-state index contributed by atoms with van der Waals surface area (Å²) in [5.74, 6) is 0.338. The van der Waals surface area contributed by atoms with Crippen LogP contribution in [0.3, 0.4) is 0 Å². The van der Waals surface area contributed by atoms with Crippen LogP contribution >= 0.6 is 0 Å². The predicted octanol–water partition coefficient (Wildman–Crippen LogP) is 1.53. The number of carbonyl (C=O) groups excluding carboxylic acids is 1. The van der Waals surface area contributed by atoms with Crippen molar-refractivity contribution in [2.24, 2.45) is 5.10 Å². The molecule has 0 fully saturated rings. The molecule has 0 saturated heterocycles. The van der Waals surface area contributed by atoms with Crippen molar-refractivity contribution in [1.82, 2.24) is 10.7 Å². The molecule has 0 atom stereocenters. The highest BCUT2D eigenvalue weighted by molar-refractivity contribution is 6.02. The Balaban J connectivity index is 4.12. The second-order valence-corrected chi connectivity index (χ2v) is 3.30. The van der Waals surface area contributed by atoms with Crippen LogP contribution in [0.4, 0.5) is 0 Å². The van der Waals surface area contributed by atoms with Crippen molar-refractivity contribution in [3.63, 3.8) is 0 Å². The summed E-state index contributed by atoms with van der Waals surface area (Å²) in [6, 6.07) is 0. The van der Waals surface area contributed by atoms with Gasteiger partial charge in [-0.2, -0.15) is 5.10 Å². The smallest absolute Gasteiger partial charge is 0.249 e. The molecule has 0 bridgehead atoms. The molecule has 78 valence electrons. The first-order valence-electron chi connectivity index (χ1n) is 4.33. The molecule has 0 rings (SSSR count). The summed E-state index contributed by atoms with van der Waals surface area (Å²) in [5, 5.41) is 6.47. The highest BCUT2D eigenvalue weighted by Gasteiger charge is 1.97. The minimum absolute atomic E-state index is 0.172. The average Bonchev–Trinajstić information content (AvgIpc) is 1.98. The van der Waals surface area contributed by atoms with Crippen LogP contribution in [-0.4, -0.2) is 11.7 Å². The van der Waals surface area contributed by atoms with Gasteiger partial charge < -0.3 is 5.32 Å². The van der Waals surface area contributed by atoms with Gasteiger partial charge in [0.2, 0.25) is 5.91 Å². The van der Waals surface area contributed by atoms with Gasteiger partial charge in [0.1, 0.15) is 5.84 Å². The number of hydrazone groups is 1. The highest BCUT2D eigenvalue weighted by atomic mass is 16.1. The van der Waals surface area contributed by atoms with E-state index in [1.807, 2.05) is 13.8 Å².